The lowest BCUT2D eigenvalue weighted by Crippen LogP contribution is -2.47. The Balaban J connectivity index is 3.47. The van der Waals surface area contributed by atoms with E-state index in [1.165, 1.54) is 13.8 Å². The van der Waals surface area contributed by atoms with Gasteiger partial charge in [-0.05, 0) is 56.9 Å². The molecule has 0 saturated carbocycles. The molecule has 1 unspecified atom stereocenters. The smallest absolute Gasteiger partial charge is 0.321 e. The van der Waals surface area contributed by atoms with Crippen molar-refractivity contribution in [3.63, 3.8) is 0 Å². The van der Waals surface area contributed by atoms with Crippen molar-refractivity contribution in [2.75, 3.05) is 13.1 Å². The van der Waals surface area contributed by atoms with Gasteiger partial charge in [0.25, 0.3) is 0 Å². The fraction of sp³-hybridized carbons (Fsp3) is 0.529. The Morgan fingerprint density at radius 1 is 1.16 bits per heavy atom. The number of carbonyl (C=O) groups is 2. The minimum Gasteiger partial charge on any atom is -0.480 e. The van der Waals surface area contributed by atoms with Gasteiger partial charge in [0.1, 0.15) is 6.04 Å². The number of benzene rings is 1. The summed E-state index contributed by atoms with van der Waals surface area (Å²) in [5.74, 6) is -1.55. The minimum atomic E-state index is -4.05. The maximum atomic E-state index is 13.2. The van der Waals surface area contributed by atoms with E-state index >= 15 is 0 Å². The zero-order valence-corrected chi connectivity index (χ0v) is 16.3. The highest BCUT2D eigenvalue weighted by molar-refractivity contribution is 7.89. The fourth-order valence-electron chi connectivity index (χ4n) is 2.67. The van der Waals surface area contributed by atoms with Crippen molar-refractivity contribution in [1.29, 1.82) is 0 Å². The molecule has 0 heterocycles. The number of carboxylic acids is 1. The number of aryl methyl sites for hydroxylation is 2. The Kier molecular flexibility index (Phi) is 6.73. The zero-order valence-electron chi connectivity index (χ0n) is 15.5. The van der Waals surface area contributed by atoms with Crippen LogP contribution in [0.4, 0.5) is 0 Å². The van der Waals surface area contributed by atoms with Gasteiger partial charge in [-0.2, -0.15) is 4.31 Å². The van der Waals surface area contributed by atoms with Crippen molar-refractivity contribution in [3.8, 4) is 0 Å². The number of hydrogen-bond donors (Lipinski definition) is 2. The number of carboxylic acid groups (broad SMARTS) is 1. The van der Waals surface area contributed by atoms with Crippen LogP contribution in [-0.2, 0) is 19.6 Å². The van der Waals surface area contributed by atoms with Crippen molar-refractivity contribution in [1.82, 2.24) is 9.62 Å². The third kappa shape index (κ3) is 4.58. The molecule has 1 rings (SSSR count). The van der Waals surface area contributed by atoms with Crippen molar-refractivity contribution >= 4 is 21.9 Å². The van der Waals surface area contributed by atoms with Gasteiger partial charge in [0.15, 0.2) is 0 Å². The third-order valence-corrected chi connectivity index (χ3v) is 6.60. The molecule has 1 amide bonds. The summed E-state index contributed by atoms with van der Waals surface area (Å²) >= 11 is 0. The van der Waals surface area contributed by atoms with Crippen LogP contribution in [0.25, 0.3) is 0 Å². The van der Waals surface area contributed by atoms with Crippen LogP contribution >= 0.6 is 0 Å². The molecule has 1 atom stereocenters. The largest absolute Gasteiger partial charge is 0.480 e. The van der Waals surface area contributed by atoms with Crippen LogP contribution in [0.15, 0.2) is 11.0 Å². The van der Waals surface area contributed by atoms with Gasteiger partial charge in [0.05, 0.1) is 4.90 Å². The van der Waals surface area contributed by atoms with Crippen molar-refractivity contribution in [2.45, 2.75) is 52.5 Å². The average molecular weight is 370 g/mol. The first kappa shape index (κ1) is 21.1. The number of sulfonamides is 1. The summed E-state index contributed by atoms with van der Waals surface area (Å²) in [6.45, 7) is 9.62. The van der Waals surface area contributed by atoms with Crippen molar-refractivity contribution in [2.24, 2.45) is 0 Å². The molecule has 0 aliphatic carbocycles. The quantitative estimate of drug-likeness (QED) is 0.757. The van der Waals surface area contributed by atoms with Crippen LogP contribution in [0.5, 0.6) is 0 Å². The van der Waals surface area contributed by atoms with Gasteiger partial charge in [0, 0.05) is 20.0 Å². The number of rotatable bonds is 7. The van der Waals surface area contributed by atoms with E-state index < -0.39 is 22.0 Å². The van der Waals surface area contributed by atoms with E-state index in [2.05, 4.69) is 5.32 Å². The summed E-state index contributed by atoms with van der Waals surface area (Å²) in [5.41, 5.74) is 2.85. The molecule has 0 aliphatic heterocycles. The lowest BCUT2D eigenvalue weighted by Gasteiger charge is -2.28. The molecule has 25 heavy (non-hydrogen) atoms. The minimum absolute atomic E-state index is 0.0368. The molecule has 0 fully saturated rings. The molecule has 1 aromatic carbocycles. The first-order valence-electron chi connectivity index (χ1n) is 7.97. The second kappa shape index (κ2) is 7.97. The molecule has 8 heteroatoms. The summed E-state index contributed by atoms with van der Waals surface area (Å²) in [4.78, 5) is 22.6. The van der Waals surface area contributed by atoms with Gasteiger partial charge < -0.3 is 10.4 Å². The topological polar surface area (TPSA) is 104 Å². The van der Waals surface area contributed by atoms with Gasteiger partial charge in [-0.1, -0.05) is 6.07 Å². The summed E-state index contributed by atoms with van der Waals surface area (Å²) in [6, 6.07) is 0.657. The molecule has 0 saturated heterocycles. The predicted octanol–water partition coefficient (Wildman–Crippen LogP) is 1.52. The number of nitrogens with one attached hydrogen (secondary N) is 1. The fourth-order valence-corrected chi connectivity index (χ4v) is 4.84. The molecule has 2 N–H and O–H groups in total. The van der Waals surface area contributed by atoms with E-state index in [1.807, 2.05) is 19.9 Å². The lowest BCUT2D eigenvalue weighted by atomic mass is 10.0. The van der Waals surface area contributed by atoms with Gasteiger partial charge in [-0.15, -0.1) is 0 Å². The van der Waals surface area contributed by atoms with Gasteiger partial charge >= 0.3 is 5.97 Å². The molecule has 0 aromatic heterocycles. The second-order valence-corrected chi connectivity index (χ2v) is 8.03. The van der Waals surface area contributed by atoms with Crippen molar-refractivity contribution in [3.05, 3.63) is 28.3 Å². The first-order valence-corrected chi connectivity index (χ1v) is 9.41. The van der Waals surface area contributed by atoms with Crippen LogP contribution in [0, 0.1) is 27.7 Å². The zero-order chi connectivity index (χ0) is 19.5. The monoisotopic (exact) mass is 370 g/mol. The highest BCUT2D eigenvalue weighted by Gasteiger charge is 2.35. The van der Waals surface area contributed by atoms with Crippen molar-refractivity contribution < 1.29 is 23.1 Å². The number of hydrogen-bond acceptors (Lipinski definition) is 4. The van der Waals surface area contributed by atoms with E-state index in [9.17, 15) is 23.1 Å². The number of aliphatic carboxylic acids is 1. The Morgan fingerprint density at radius 3 is 2.04 bits per heavy atom. The predicted molar refractivity (Wildman–Crippen MR) is 95.1 cm³/mol. The summed E-state index contributed by atoms with van der Waals surface area (Å²) in [5, 5.41) is 11.8. The standard InChI is InChI=1S/C17H26N2O5S/c1-10-9-11(2)13(4)16(12(10)3)25(23,24)19(14(5)17(21)22)8-7-18-15(6)20/h9,14H,7-8H2,1-6H3,(H,18,20)(H,21,22). The van der Waals surface area contributed by atoms with E-state index in [0.717, 1.165) is 15.4 Å². The molecule has 0 spiro atoms. The summed E-state index contributed by atoms with van der Waals surface area (Å²) < 4.78 is 27.4. The van der Waals surface area contributed by atoms with Crippen LogP contribution in [0.3, 0.4) is 0 Å². The molecule has 1 aromatic rings. The molecular formula is C17H26N2O5S. The maximum Gasteiger partial charge on any atom is 0.321 e. The van der Waals surface area contributed by atoms with Crippen LogP contribution < -0.4 is 5.32 Å². The molecule has 140 valence electrons. The average Bonchev–Trinajstić information content (AvgIpc) is 2.48. The van der Waals surface area contributed by atoms with Gasteiger partial charge in [-0.3, -0.25) is 9.59 Å². The molecule has 7 nitrogen and oxygen atoms in total. The molecule has 0 radical (unpaired) electrons. The number of amides is 1. The molecule has 0 bridgehead atoms. The number of carbonyl (C=O) groups excluding carboxylic acids is 1. The Hall–Kier alpha value is -1.93. The van der Waals surface area contributed by atoms with E-state index in [4.69, 9.17) is 0 Å². The van der Waals surface area contributed by atoms with Crippen LogP contribution in [0.1, 0.15) is 36.1 Å². The second-order valence-electron chi connectivity index (χ2n) is 6.20. The third-order valence-electron chi connectivity index (χ3n) is 4.36. The Bertz CT molecular complexity index is 760. The maximum absolute atomic E-state index is 13.2. The summed E-state index contributed by atoms with van der Waals surface area (Å²) in [6.07, 6.45) is 0. The van der Waals surface area contributed by atoms with E-state index in [-0.39, 0.29) is 23.9 Å². The first-order chi connectivity index (χ1) is 11.4. The Morgan fingerprint density at radius 2 is 1.64 bits per heavy atom. The highest BCUT2D eigenvalue weighted by atomic mass is 32.2. The lowest BCUT2D eigenvalue weighted by molar-refractivity contribution is -0.140. The normalized spacial score (nSPS) is 12.9. The Labute approximate surface area is 149 Å². The van der Waals surface area contributed by atoms with Crippen LogP contribution in [0.2, 0.25) is 0 Å². The van der Waals surface area contributed by atoms with Crippen LogP contribution in [-0.4, -0.2) is 48.8 Å². The van der Waals surface area contributed by atoms with E-state index in [0.29, 0.717) is 11.1 Å². The van der Waals surface area contributed by atoms with E-state index in [1.54, 1.807) is 13.8 Å². The van der Waals surface area contributed by atoms with Gasteiger partial charge in [0.2, 0.25) is 15.9 Å². The number of nitrogens with zero attached hydrogens (tertiary/aromatic N) is 1. The highest BCUT2D eigenvalue weighted by Crippen LogP contribution is 2.29. The molecule has 0 aliphatic rings. The SMILES string of the molecule is CC(=O)NCCN(C(C)C(=O)O)S(=O)(=O)c1c(C)c(C)cc(C)c1C. The van der Waals surface area contributed by atoms with Gasteiger partial charge in [-0.25, -0.2) is 8.42 Å². The summed E-state index contributed by atoms with van der Waals surface area (Å²) in [7, 11) is -4.05. The molecular weight excluding hydrogens is 344 g/mol.